The minimum Gasteiger partial charge on any atom is -0.310 e. The third-order valence-corrected chi connectivity index (χ3v) is 3.04. The molecule has 0 aromatic carbocycles. The lowest BCUT2D eigenvalue weighted by Crippen LogP contribution is -2.24. The highest BCUT2D eigenvalue weighted by atomic mass is 32.1. The predicted molar refractivity (Wildman–Crippen MR) is 63.6 cm³/mol. The third-order valence-electron chi connectivity index (χ3n) is 2.69. The van der Waals surface area contributed by atoms with Crippen molar-refractivity contribution >= 4 is 35.3 Å². The van der Waals surface area contributed by atoms with Gasteiger partial charge in [-0.15, -0.1) is 0 Å². The summed E-state index contributed by atoms with van der Waals surface area (Å²) in [6.45, 7) is 0.646. The van der Waals surface area contributed by atoms with Crippen LogP contribution in [0.1, 0.15) is 6.42 Å². The first-order valence-corrected chi connectivity index (χ1v) is 5.53. The largest absolute Gasteiger partial charge is 0.310 e. The molecule has 1 atom stereocenters. The van der Waals surface area contributed by atoms with Gasteiger partial charge in [0, 0.05) is 23.6 Å². The number of rotatable bonds is 1. The minimum atomic E-state index is 0.102. The molecule has 1 aliphatic heterocycles. The van der Waals surface area contributed by atoms with Crippen LogP contribution in [0.5, 0.6) is 0 Å². The molecule has 0 saturated carbocycles. The van der Waals surface area contributed by atoms with Gasteiger partial charge in [-0.1, -0.05) is 0 Å². The zero-order valence-corrected chi connectivity index (χ0v) is 9.32. The molecule has 1 amide bonds. The second-order valence-corrected chi connectivity index (χ2v) is 4.59. The maximum Gasteiger partial charge on any atom is 0.228 e. The first-order valence-electron chi connectivity index (χ1n) is 5.01. The lowest BCUT2D eigenvalue weighted by atomic mass is 10.3. The van der Waals surface area contributed by atoms with Crippen LogP contribution in [0.25, 0.3) is 11.0 Å². The van der Waals surface area contributed by atoms with Crippen LogP contribution in [-0.2, 0) is 4.79 Å². The zero-order valence-electron chi connectivity index (χ0n) is 8.42. The number of hydrogen-bond donors (Lipinski definition) is 2. The molecule has 2 aromatic rings. The number of nitrogens with one attached hydrogen (secondary N) is 1. The second-order valence-electron chi connectivity index (χ2n) is 3.86. The molecular weight excluding hydrogens is 224 g/mol. The number of amides is 1. The molecule has 3 heterocycles. The van der Waals surface area contributed by atoms with Crippen molar-refractivity contribution in [2.24, 2.45) is 0 Å². The zero-order chi connectivity index (χ0) is 11.1. The highest BCUT2D eigenvalue weighted by molar-refractivity contribution is 7.81. The Balaban J connectivity index is 2.02. The third kappa shape index (κ3) is 1.46. The number of carbonyl (C=O) groups is 1. The Morgan fingerprint density at radius 3 is 3.12 bits per heavy atom. The van der Waals surface area contributed by atoms with E-state index in [0.717, 1.165) is 16.7 Å². The van der Waals surface area contributed by atoms with E-state index in [9.17, 15) is 4.79 Å². The van der Waals surface area contributed by atoms with Gasteiger partial charge >= 0.3 is 0 Å². The van der Waals surface area contributed by atoms with Gasteiger partial charge in [0.05, 0.1) is 18.1 Å². The fourth-order valence-electron chi connectivity index (χ4n) is 1.91. The number of aromatic amines is 1. The van der Waals surface area contributed by atoms with Crippen molar-refractivity contribution in [3.63, 3.8) is 0 Å². The second kappa shape index (κ2) is 3.48. The fraction of sp³-hybridized carbons (Fsp3) is 0.300. The van der Waals surface area contributed by atoms with Gasteiger partial charge in [-0.3, -0.25) is 9.89 Å². The summed E-state index contributed by atoms with van der Waals surface area (Å²) in [5.74, 6) is 0.102. The highest BCUT2D eigenvalue weighted by Gasteiger charge is 2.28. The lowest BCUT2D eigenvalue weighted by Gasteiger charge is -2.15. The van der Waals surface area contributed by atoms with Crippen molar-refractivity contribution in [2.75, 3.05) is 11.4 Å². The van der Waals surface area contributed by atoms with E-state index < -0.39 is 0 Å². The van der Waals surface area contributed by atoms with Gasteiger partial charge in [-0.25, -0.2) is 4.98 Å². The van der Waals surface area contributed by atoms with Crippen LogP contribution < -0.4 is 4.90 Å². The van der Waals surface area contributed by atoms with Gasteiger partial charge in [0.2, 0.25) is 5.91 Å². The SMILES string of the molecule is O=C1CC(S)CN1c1cnc2[nH]ncc2c1. The van der Waals surface area contributed by atoms with Crippen molar-refractivity contribution in [3.05, 3.63) is 18.5 Å². The van der Waals surface area contributed by atoms with Gasteiger partial charge in [-0.05, 0) is 6.07 Å². The molecule has 82 valence electrons. The molecule has 1 N–H and O–H groups in total. The van der Waals surface area contributed by atoms with Gasteiger partial charge in [0.1, 0.15) is 0 Å². The molecule has 1 aliphatic rings. The Morgan fingerprint density at radius 2 is 2.38 bits per heavy atom. The summed E-state index contributed by atoms with van der Waals surface area (Å²) >= 11 is 4.32. The number of carbonyl (C=O) groups excluding carboxylic acids is 1. The number of pyridine rings is 1. The number of H-pyrrole nitrogens is 1. The van der Waals surface area contributed by atoms with Crippen molar-refractivity contribution in [3.8, 4) is 0 Å². The van der Waals surface area contributed by atoms with Gasteiger partial charge < -0.3 is 4.90 Å². The number of fused-ring (bicyclic) bond motifs is 1. The van der Waals surface area contributed by atoms with Crippen LogP contribution in [0, 0.1) is 0 Å². The quantitative estimate of drug-likeness (QED) is 0.723. The van der Waals surface area contributed by atoms with Gasteiger partial charge in [0.25, 0.3) is 0 Å². The van der Waals surface area contributed by atoms with E-state index in [1.165, 1.54) is 0 Å². The van der Waals surface area contributed by atoms with Crippen molar-refractivity contribution in [1.29, 1.82) is 0 Å². The Bertz CT molecular complexity index is 552. The molecule has 1 saturated heterocycles. The Hall–Kier alpha value is -1.56. The smallest absolute Gasteiger partial charge is 0.228 e. The van der Waals surface area contributed by atoms with Crippen LogP contribution in [0.3, 0.4) is 0 Å². The van der Waals surface area contributed by atoms with Crippen LogP contribution in [0.15, 0.2) is 18.5 Å². The van der Waals surface area contributed by atoms with Gasteiger partial charge in [-0.2, -0.15) is 17.7 Å². The molecule has 0 radical (unpaired) electrons. The van der Waals surface area contributed by atoms with Crippen LogP contribution >= 0.6 is 12.6 Å². The van der Waals surface area contributed by atoms with Crippen molar-refractivity contribution < 1.29 is 4.79 Å². The Labute approximate surface area is 97.3 Å². The number of nitrogens with zero attached hydrogens (tertiary/aromatic N) is 3. The van der Waals surface area contributed by atoms with Crippen LogP contribution in [0.4, 0.5) is 5.69 Å². The normalized spacial score (nSPS) is 20.9. The fourth-order valence-corrected chi connectivity index (χ4v) is 2.23. The number of hydrogen-bond acceptors (Lipinski definition) is 4. The number of thiol groups is 1. The number of aromatic nitrogens is 3. The summed E-state index contributed by atoms with van der Waals surface area (Å²) in [5, 5.41) is 7.70. The summed E-state index contributed by atoms with van der Waals surface area (Å²) < 4.78 is 0. The molecule has 2 aromatic heterocycles. The monoisotopic (exact) mass is 234 g/mol. The Morgan fingerprint density at radius 1 is 1.50 bits per heavy atom. The molecule has 1 fully saturated rings. The highest BCUT2D eigenvalue weighted by Crippen LogP contribution is 2.25. The van der Waals surface area contributed by atoms with Crippen molar-refractivity contribution in [1.82, 2.24) is 15.2 Å². The first-order chi connectivity index (χ1) is 7.74. The van der Waals surface area contributed by atoms with Crippen molar-refractivity contribution in [2.45, 2.75) is 11.7 Å². The van der Waals surface area contributed by atoms with E-state index >= 15 is 0 Å². The molecular formula is C10H10N4OS. The molecule has 1 unspecified atom stereocenters. The average molecular weight is 234 g/mol. The summed E-state index contributed by atoms with van der Waals surface area (Å²) in [7, 11) is 0. The number of anilines is 1. The van der Waals surface area contributed by atoms with E-state index in [1.807, 2.05) is 6.07 Å². The summed E-state index contributed by atoms with van der Waals surface area (Å²) in [6.07, 6.45) is 3.88. The maximum atomic E-state index is 11.7. The molecule has 0 bridgehead atoms. The van der Waals surface area contributed by atoms with Crippen LogP contribution in [0.2, 0.25) is 0 Å². The van der Waals surface area contributed by atoms with E-state index in [1.54, 1.807) is 17.3 Å². The molecule has 0 spiro atoms. The first kappa shape index (κ1) is 9.65. The molecule has 3 rings (SSSR count). The van der Waals surface area contributed by atoms with E-state index in [0.29, 0.717) is 13.0 Å². The van der Waals surface area contributed by atoms with Gasteiger partial charge in [0.15, 0.2) is 5.65 Å². The Kier molecular flexibility index (Phi) is 2.10. The lowest BCUT2D eigenvalue weighted by molar-refractivity contribution is -0.117. The van der Waals surface area contributed by atoms with E-state index in [-0.39, 0.29) is 11.2 Å². The molecule has 0 aliphatic carbocycles. The standard InChI is InChI=1S/C10H10N4OS/c15-9-2-8(16)5-14(9)7-1-6-3-12-13-10(6)11-4-7/h1,3-4,8,16H,2,5H2,(H,11,12,13). The summed E-state index contributed by atoms with van der Waals surface area (Å²) in [5.41, 5.74) is 1.55. The van der Waals surface area contributed by atoms with E-state index in [4.69, 9.17) is 0 Å². The van der Waals surface area contributed by atoms with Crippen LogP contribution in [-0.4, -0.2) is 32.9 Å². The molecule has 16 heavy (non-hydrogen) atoms. The maximum absolute atomic E-state index is 11.7. The average Bonchev–Trinajstić information content (AvgIpc) is 2.83. The predicted octanol–water partition coefficient (Wildman–Crippen LogP) is 0.993. The van der Waals surface area contributed by atoms with E-state index in [2.05, 4.69) is 27.8 Å². The summed E-state index contributed by atoms with van der Waals surface area (Å²) in [4.78, 5) is 17.6. The minimum absolute atomic E-state index is 0.102. The summed E-state index contributed by atoms with van der Waals surface area (Å²) in [6, 6.07) is 1.91. The molecule has 5 nitrogen and oxygen atoms in total. The topological polar surface area (TPSA) is 61.9 Å². The molecule has 6 heteroatoms.